The number of Topliss-reactive ketones (excluding diaryl/α,β-unsaturated/α-hetero) is 1. The SMILES string of the molecule is CCCOc1cccc(/C(O)=C2\C(=O)C(=O)N(c3cccc(Cl)c3C)C2c2ccc(C(C)(C)C)cc2)c1. The third kappa shape index (κ3) is 5.14. The normalized spacial score (nSPS) is 17.4. The smallest absolute Gasteiger partial charge is 0.300 e. The predicted octanol–water partition coefficient (Wildman–Crippen LogP) is 7.36. The number of anilines is 1. The third-order valence-electron chi connectivity index (χ3n) is 6.62. The zero-order chi connectivity index (χ0) is 26.9. The fourth-order valence-electron chi connectivity index (χ4n) is 4.53. The van der Waals surface area contributed by atoms with Crippen LogP contribution in [-0.2, 0) is 15.0 Å². The Bertz CT molecular complexity index is 1370. The number of hydrogen-bond donors (Lipinski definition) is 1. The molecule has 1 atom stereocenters. The van der Waals surface area contributed by atoms with Gasteiger partial charge in [0.2, 0.25) is 0 Å². The van der Waals surface area contributed by atoms with E-state index in [1.165, 1.54) is 4.90 Å². The number of carbonyl (C=O) groups excluding carboxylic acids is 2. The topological polar surface area (TPSA) is 66.8 Å². The molecule has 1 fully saturated rings. The Balaban J connectivity index is 1.92. The molecule has 1 N–H and O–H groups in total. The molecule has 3 aromatic carbocycles. The lowest BCUT2D eigenvalue weighted by Gasteiger charge is -2.28. The summed E-state index contributed by atoms with van der Waals surface area (Å²) in [5.74, 6) is -1.12. The molecule has 1 heterocycles. The third-order valence-corrected chi connectivity index (χ3v) is 7.03. The maximum absolute atomic E-state index is 13.5. The molecule has 1 amide bonds. The second kappa shape index (κ2) is 10.4. The molecular formula is C31H32ClNO4. The van der Waals surface area contributed by atoms with E-state index in [0.29, 0.717) is 39.8 Å². The van der Waals surface area contributed by atoms with Crippen molar-refractivity contribution >= 4 is 34.7 Å². The molecule has 0 aliphatic carbocycles. The minimum atomic E-state index is -0.827. The largest absolute Gasteiger partial charge is 0.507 e. The molecule has 0 saturated carbocycles. The Kier molecular flexibility index (Phi) is 7.47. The second-order valence-electron chi connectivity index (χ2n) is 10.3. The molecule has 37 heavy (non-hydrogen) atoms. The summed E-state index contributed by atoms with van der Waals surface area (Å²) in [4.78, 5) is 28.4. The minimum absolute atomic E-state index is 0.0283. The first kappa shape index (κ1) is 26.5. The van der Waals surface area contributed by atoms with Gasteiger partial charge in [0.1, 0.15) is 11.5 Å². The van der Waals surface area contributed by atoms with Gasteiger partial charge in [0.25, 0.3) is 11.7 Å². The van der Waals surface area contributed by atoms with Gasteiger partial charge in [0.15, 0.2) is 0 Å². The maximum Gasteiger partial charge on any atom is 0.300 e. The van der Waals surface area contributed by atoms with Crippen LogP contribution >= 0.6 is 11.6 Å². The number of aliphatic hydroxyl groups is 1. The van der Waals surface area contributed by atoms with Crippen molar-refractivity contribution in [3.63, 3.8) is 0 Å². The number of halogens is 1. The van der Waals surface area contributed by atoms with Crippen LogP contribution in [0.2, 0.25) is 5.02 Å². The van der Waals surface area contributed by atoms with Gasteiger partial charge in [0.05, 0.1) is 18.2 Å². The number of rotatable bonds is 6. The number of aliphatic hydroxyl groups excluding tert-OH is 1. The predicted molar refractivity (Wildman–Crippen MR) is 148 cm³/mol. The Morgan fingerprint density at radius 1 is 1.03 bits per heavy atom. The van der Waals surface area contributed by atoms with E-state index < -0.39 is 17.7 Å². The molecule has 1 aliphatic rings. The molecule has 1 aliphatic heterocycles. The fourth-order valence-corrected chi connectivity index (χ4v) is 4.70. The molecule has 4 rings (SSSR count). The molecule has 0 radical (unpaired) electrons. The van der Waals surface area contributed by atoms with E-state index in [1.54, 1.807) is 42.5 Å². The summed E-state index contributed by atoms with van der Waals surface area (Å²) >= 11 is 6.40. The maximum atomic E-state index is 13.5. The summed E-state index contributed by atoms with van der Waals surface area (Å²) < 4.78 is 5.72. The number of ether oxygens (including phenoxy) is 1. The molecule has 0 aromatic heterocycles. The second-order valence-corrected chi connectivity index (χ2v) is 10.7. The zero-order valence-electron chi connectivity index (χ0n) is 21.8. The van der Waals surface area contributed by atoms with Crippen molar-refractivity contribution in [1.29, 1.82) is 0 Å². The van der Waals surface area contributed by atoms with Crippen molar-refractivity contribution < 1.29 is 19.4 Å². The Morgan fingerprint density at radius 3 is 2.35 bits per heavy atom. The highest BCUT2D eigenvalue weighted by atomic mass is 35.5. The van der Waals surface area contributed by atoms with Gasteiger partial charge in [-0.05, 0) is 59.7 Å². The zero-order valence-corrected chi connectivity index (χ0v) is 22.6. The molecule has 0 bridgehead atoms. The molecule has 3 aromatic rings. The first-order valence-electron chi connectivity index (χ1n) is 12.4. The standard InChI is InChI=1S/C31H32ClNO4/c1-6-17-37-23-10-7-9-21(18-23)28(34)26-27(20-13-15-22(16-14-20)31(3,4)5)33(30(36)29(26)35)25-12-8-11-24(32)19(25)2/h7-16,18,27,34H,6,17H2,1-5H3/b28-26+. The molecule has 1 saturated heterocycles. The van der Waals surface area contributed by atoms with Gasteiger partial charge in [-0.3, -0.25) is 14.5 Å². The molecule has 6 heteroatoms. The van der Waals surface area contributed by atoms with Gasteiger partial charge in [-0.1, -0.05) is 81.8 Å². The van der Waals surface area contributed by atoms with E-state index in [9.17, 15) is 14.7 Å². The van der Waals surface area contributed by atoms with Crippen LogP contribution in [0.3, 0.4) is 0 Å². The van der Waals surface area contributed by atoms with Crippen LogP contribution in [0.4, 0.5) is 5.69 Å². The highest BCUT2D eigenvalue weighted by Gasteiger charge is 2.47. The molecule has 5 nitrogen and oxygen atoms in total. The summed E-state index contributed by atoms with van der Waals surface area (Å²) in [5.41, 5.74) is 3.41. The Labute approximate surface area is 223 Å². The van der Waals surface area contributed by atoms with Crippen LogP contribution in [0.1, 0.15) is 62.4 Å². The van der Waals surface area contributed by atoms with E-state index in [2.05, 4.69) is 20.8 Å². The van der Waals surface area contributed by atoms with Crippen LogP contribution in [0.5, 0.6) is 5.75 Å². The van der Waals surface area contributed by atoms with Crippen LogP contribution in [0.15, 0.2) is 72.3 Å². The van der Waals surface area contributed by atoms with Crippen LogP contribution in [0, 0.1) is 6.92 Å². The number of hydrogen-bond acceptors (Lipinski definition) is 4. The minimum Gasteiger partial charge on any atom is -0.507 e. The van der Waals surface area contributed by atoms with Crippen molar-refractivity contribution in [2.75, 3.05) is 11.5 Å². The number of nitrogens with zero attached hydrogens (tertiary/aromatic N) is 1. The highest BCUT2D eigenvalue weighted by molar-refractivity contribution is 6.52. The summed E-state index contributed by atoms with van der Waals surface area (Å²) in [5, 5.41) is 11.9. The lowest BCUT2D eigenvalue weighted by molar-refractivity contribution is -0.132. The van der Waals surface area contributed by atoms with Gasteiger partial charge >= 0.3 is 0 Å². The molecule has 192 valence electrons. The van der Waals surface area contributed by atoms with E-state index in [4.69, 9.17) is 16.3 Å². The summed E-state index contributed by atoms with van der Waals surface area (Å²) in [6, 6.07) is 19.2. The van der Waals surface area contributed by atoms with E-state index >= 15 is 0 Å². The highest BCUT2D eigenvalue weighted by Crippen LogP contribution is 2.44. The lowest BCUT2D eigenvalue weighted by atomic mass is 9.85. The average Bonchev–Trinajstić information content (AvgIpc) is 3.14. The van der Waals surface area contributed by atoms with Crippen molar-refractivity contribution in [3.8, 4) is 5.75 Å². The fraction of sp³-hybridized carbons (Fsp3) is 0.290. The monoisotopic (exact) mass is 517 g/mol. The van der Waals surface area contributed by atoms with Gasteiger partial charge in [-0.15, -0.1) is 0 Å². The van der Waals surface area contributed by atoms with Crippen LogP contribution in [0.25, 0.3) is 5.76 Å². The molecule has 1 unspecified atom stereocenters. The first-order chi connectivity index (χ1) is 17.5. The number of carbonyl (C=O) groups is 2. The summed E-state index contributed by atoms with van der Waals surface area (Å²) in [7, 11) is 0. The van der Waals surface area contributed by atoms with Gasteiger partial charge in [-0.25, -0.2) is 0 Å². The summed E-state index contributed by atoms with van der Waals surface area (Å²) in [6.07, 6.45) is 0.838. The van der Waals surface area contributed by atoms with Crippen molar-refractivity contribution in [2.24, 2.45) is 0 Å². The van der Waals surface area contributed by atoms with E-state index in [-0.39, 0.29) is 16.7 Å². The Hall–Kier alpha value is -3.57. The van der Waals surface area contributed by atoms with E-state index in [1.807, 2.05) is 38.1 Å². The van der Waals surface area contributed by atoms with Gasteiger partial charge < -0.3 is 9.84 Å². The van der Waals surface area contributed by atoms with Crippen molar-refractivity contribution in [1.82, 2.24) is 0 Å². The molecule has 0 spiro atoms. The number of amides is 1. The lowest BCUT2D eigenvalue weighted by Crippen LogP contribution is -2.30. The van der Waals surface area contributed by atoms with Gasteiger partial charge in [0, 0.05) is 16.3 Å². The molecular weight excluding hydrogens is 486 g/mol. The van der Waals surface area contributed by atoms with Crippen molar-refractivity contribution in [3.05, 3.63) is 99.6 Å². The van der Waals surface area contributed by atoms with Crippen LogP contribution < -0.4 is 9.64 Å². The summed E-state index contributed by atoms with van der Waals surface area (Å²) in [6.45, 7) is 10.7. The first-order valence-corrected chi connectivity index (χ1v) is 12.8. The number of ketones is 1. The van der Waals surface area contributed by atoms with Crippen LogP contribution in [-0.4, -0.2) is 23.4 Å². The number of benzene rings is 3. The van der Waals surface area contributed by atoms with Gasteiger partial charge in [-0.2, -0.15) is 0 Å². The van der Waals surface area contributed by atoms with E-state index in [0.717, 1.165) is 12.0 Å². The quantitative estimate of drug-likeness (QED) is 0.211. The Morgan fingerprint density at radius 2 is 1.70 bits per heavy atom. The average molecular weight is 518 g/mol. The van der Waals surface area contributed by atoms with Crippen molar-refractivity contribution in [2.45, 2.75) is 52.5 Å².